The predicted molar refractivity (Wildman–Crippen MR) is 160 cm³/mol. The minimum atomic E-state index is -0.967. The number of carboxylic acids is 1. The highest BCUT2D eigenvalue weighted by molar-refractivity contribution is 7.19. The second-order valence-electron chi connectivity index (χ2n) is 10.7. The normalized spacial score (nSPS) is 16.8. The van der Waals surface area contributed by atoms with Gasteiger partial charge < -0.3 is 19.3 Å². The monoisotopic (exact) mass is 576 g/mol. The number of hydrogen-bond acceptors (Lipinski definition) is 4. The second kappa shape index (κ2) is 11.8. The minimum absolute atomic E-state index is 0.0273. The summed E-state index contributed by atoms with van der Waals surface area (Å²) in [5, 5.41) is 10.9. The number of rotatable bonds is 6. The van der Waals surface area contributed by atoms with Gasteiger partial charge in [0.25, 0.3) is 0 Å². The van der Waals surface area contributed by atoms with Crippen LogP contribution in [-0.2, 0) is 16.1 Å². The van der Waals surface area contributed by atoms with Crippen LogP contribution in [0, 0.1) is 0 Å². The summed E-state index contributed by atoms with van der Waals surface area (Å²) in [5.74, 6) is -0.587. The number of hydrogen-bond donors (Lipinski definition) is 1. The molecule has 1 saturated carbocycles. The van der Waals surface area contributed by atoms with Crippen molar-refractivity contribution in [3.05, 3.63) is 70.1 Å². The number of carbonyl (C=O) groups is 2. The van der Waals surface area contributed by atoms with Crippen molar-refractivity contribution in [2.24, 2.45) is 0 Å². The number of halogens is 1. The summed E-state index contributed by atoms with van der Waals surface area (Å²) in [7, 11) is 0. The van der Waals surface area contributed by atoms with Gasteiger partial charge in [0.1, 0.15) is 6.54 Å². The van der Waals surface area contributed by atoms with Gasteiger partial charge in [0.05, 0.1) is 34.3 Å². The molecule has 2 fully saturated rings. The van der Waals surface area contributed by atoms with Gasteiger partial charge >= 0.3 is 5.97 Å². The first-order valence-electron chi connectivity index (χ1n) is 14.1. The lowest BCUT2D eigenvalue weighted by Gasteiger charge is -2.27. The van der Waals surface area contributed by atoms with Gasteiger partial charge in [-0.25, -0.2) is 4.79 Å². The molecule has 208 valence electrons. The Kier molecular flexibility index (Phi) is 7.96. The minimum Gasteiger partial charge on any atom is -0.478 e. The fourth-order valence-corrected chi connectivity index (χ4v) is 7.32. The number of aromatic carboxylic acids is 1. The van der Waals surface area contributed by atoms with Gasteiger partial charge in [0.15, 0.2) is 0 Å². The van der Waals surface area contributed by atoms with Gasteiger partial charge in [-0.1, -0.05) is 67.6 Å². The van der Waals surface area contributed by atoms with E-state index < -0.39 is 5.97 Å². The molecule has 6 rings (SSSR count). The Bertz CT molecular complexity index is 1530. The van der Waals surface area contributed by atoms with E-state index in [9.17, 15) is 14.7 Å². The van der Waals surface area contributed by atoms with Crippen molar-refractivity contribution in [3.8, 4) is 21.7 Å². The van der Waals surface area contributed by atoms with Crippen molar-refractivity contribution in [1.82, 2.24) is 9.47 Å². The first kappa shape index (κ1) is 27.1. The highest BCUT2D eigenvalue weighted by Crippen LogP contribution is 2.44. The summed E-state index contributed by atoms with van der Waals surface area (Å²) < 4.78 is 8.31. The average molecular weight is 577 g/mol. The summed E-state index contributed by atoms with van der Waals surface area (Å²) in [6, 6.07) is 17.8. The Morgan fingerprint density at radius 1 is 0.925 bits per heavy atom. The number of morpholine rings is 1. The Morgan fingerprint density at radius 3 is 2.27 bits per heavy atom. The molecule has 1 aliphatic heterocycles. The van der Waals surface area contributed by atoms with Crippen molar-refractivity contribution < 1.29 is 19.4 Å². The van der Waals surface area contributed by atoms with Crippen LogP contribution >= 0.6 is 22.9 Å². The van der Waals surface area contributed by atoms with Crippen molar-refractivity contribution in [1.29, 1.82) is 0 Å². The molecule has 0 spiro atoms. The van der Waals surface area contributed by atoms with Crippen LogP contribution in [0.1, 0.15) is 60.4 Å². The number of carbonyl (C=O) groups excluding carboxylic acids is 1. The Balaban J connectivity index is 1.53. The van der Waals surface area contributed by atoms with E-state index in [2.05, 4.69) is 28.8 Å². The lowest BCUT2D eigenvalue weighted by atomic mass is 9.87. The largest absolute Gasteiger partial charge is 0.478 e. The lowest BCUT2D eigenvalue weighted by molar-refractivity contribution is -0.135. The third kappa shape index (κ3) is 5.42. The third-order valence-corrected chi connectivity index (χ3v) is 9.57. The predicted octanol–water partition coefficient (Wildman–Crippen LogP) is 7.69. The molecule has 1 aliphatic carbocycles. The van der Waals surface area contributed by atoms with Gasteiger partial charge in [0, 0.05) is 23.4 Å². The van der Waals surface area contributed by atoms with Gasteiger partial charge in [-0.05, 0) is 59.7 Å². The number of thiophene rings is 1. The molecule has 40 heavy (non-hydrogen) atoms. The smallest absolute Gasteiger partial charge is 0.335 e. The number of fused-ring (bicyclic) bond motifs is 1. The van der Waals surface area contributed by atoms with Crippen LogP contribution in [0.4, 0.5) is 0 Å². The average Bonchev–Trinajstić information content (AvgIpc) is 3.43. The Morgan fingerprint density at radius 2 is 1.62 bits per heavy atom. The summed E-state index contributed by atoms with van der Waals surface area (Å²) in [6.07, 6.45) is 7.01. The molecule has 8 heteroatoms. The van der Waals surface area contributed by atoms with Crippen LogP contribution in [0.25, 0.3) is 32.6 Å². The van der Waals surface area contributed by atoms with E-state index in [0.29, 0.717) is 32.2 Å². The molecule has 4 aromatic rings. The van der Waals surface area contributed by atoms with Crippen molar-refractivity contribution in [3.63, 3.8) is 0 Å². The first-order chi connectivity index (χ1) is 19.5. The number of carboxylic acid groups (broad SMARTS) is 1. The standard InChI is InChI=1S/C32H33ClN2O4S/c33-28-14-13-27(40-28)21-7-9-23(10-8-21)31-30(22-5-3-1-2-4-6-22)25-12-11-24(32(37)38)19-26(25)35(31)20-29(36)34-15-17-39-18-16-34/h7-14,19,22H,1-6,15-18,20H2,(H,37,38). The summed E-state index contributed by atoms with van der Waals surface area (Å²) >= 11 is 7.75. The van der Waals surface area contributed by atoms with Gasteiger partial charge in [-0.3, -0.25) is 4.79 Å². The molecule has 2 aromatic heterocycles. The zero-order valence-corrected chi connectivity index (χ0v) is 24.0. The summed E-state index contributed by atoms with van der Waals surface area (Å²) in [6.45, 7) is 2.37. The molecule has 0 radical (unpaired) electrons. The number of benzene rings is 2. The van der Waals surface area contributed by atoms with E-state index in [1.807, 2.05) is 23.1 Å². The number of nitrogens with zero attached hydrogens (tertiary/aromatic N) is 2. The fourth-order valence-electron chi connectivity index (χ4n) is 6.28. The van der Waals surface area contributed by atoms with E-state index in [-0.39, 0.29) is 18.0 Å². The van der Waals surface area contributed by atoms with Crippen LogP contribution in [0.15, 0.2) is 54.6 Å². The van der Waals surface area contributed by atoms with E-state index in [1.54, 1.807) is 23.5 Å². The van der Waals surface area contributed by atoms with Gasteiger partial charge in [-0.2, -0.15) is 0 Å². The lowest BCUT2D eigenvalue weighted by Crippen LogP contribution is -2.42. The van der Waals surface area contributed by atoms with Crippen LogP contribution in [0.2, 0.25) is 4.34 Å². The van der Waals surface area contributed by atoms with E-state index in [0.717, 1.165) is 49.8 Å². The highest BCUT2D eigenvalue weighted by Gasteiger charge is 2.28. The van der Waals surface area contributed by atoms with Crippen molar-refractivity contribution in [2.45, 2.75) is 51.0 Å². The summed E-state index contributed by atoms with van der Waals surface area (Å²) in [5.41, 5.74) is 5.45. The maximum atomic E-state index is 13.6. The molecule has 2 aliphatic rings. The zero-order chi connectivity index (χ0) is 27.6. The molecule has 1 saturated heterocycles. The molecule has 1 N–H and O–H groups in total. The SMILES string of the molecule is O=C(O)c1ccc2c(C3CCCCCC3)c(-c3ccc(-c4ccc(Cl)s4)cc3)n(CC(=O)N3CCOCC3)c2c1. The van der Waals surface area contributed by atoms with E-state index in [4.69, 9.17) is 16.3 Å². The zero-order valence-electron chi connectivity index (χ0n) is 22.4. The van der Waals surface area contributed by atoms with Crippen LogP contribution in [0.5, 0.6) is 0 Å². The Hall–Kier alpha value is -3.13. The molecule has 3 heterocycles. The van der Waals surface area contributed by atoms with Crippen molar-refractivity contribution >= 4 is 45.7 Å². The molecule has 0 unspecified atom stereocenters. The molecule has 1 amide bonds. The van der Waals surface area contributed by atoms with Gasteiger partial charge in [-0.15, -0.1) is 11.3 Å². The molecular weight excluding hydrogens is 544 g/mol. The van der Waals surface area contributed by atoms with Crippen molar-refractivity contribution in [2.75, 3.05) is 26.3 Å². The van der Waals surface area contributed by atoms with E-state index in [1.165, 1.54) is 31.2 Å². The Labute approximate surface area is 243 Å². The molecule has 2 aromatic carbocycles. The first-order valence-corrected chi connectivity index (χ1v) is 15.3. The number of ether oxygens (including phenoxy) is 1. The van der Waals surface area contributed by atoms with Crippen LogP contribution < -0.4 is 0 Å². The quantitative estimate of drug-likeness (QED) is 0.239. The van der Waals surface area contributed by atoms with Crippen LogP contribution in [0.3, 0.4) is 0 Å². The number of amides is 1. The highest BCUT2D eigenvalue weighted by atomic mass is 35.5. The van der Waals surface area contributed by atoms with E-state index >= 15 is 0 Å². The second-order valence-corrected chi connectivity index (χ2v) is 12.5. The fraction of sp³-hybridized carbons (Fsp3) is 0.375. The maximum absolute atomic E-state index is 13.6. The van der Waals surface area contributed by atoms with Crippen LogP contribution in [-0.4, -0.2) is 52.8 Å². The maximum Gasteiger partial charge on any atom is 0.335 e. The molecule has 0 atom stereocenters. The molecule has 0 bridgehead atoms. The third-order valence-electron chi connectivity index (χ3n) is 8.29. The molecular formula is C32H33ClN2O4S. The molecule has 6 nitrogen and oxygen atoms in total. The topological polar surface area (TPSA) is 71.8 Å². The summed E-state index contributed by atoms with van der Waals surface area (Å²) in [4.78, 5) is 28.6. The number of aromatic nitrogens is 1. The van der Waals surface area contributed by atoms with Gasteiger partial charge in [0.2, 0.25) is 5.91 Å².